The van der Waals surface area contributed by atoms with Crippen molar-refractivity contribution in [2.24, 2.45) is 0 Å². The van der Waals surface area contributed by atoms with Crippen LogP contribution < -0.4 is 9.47 Å². The molecular formula is C14H20O3S. The number of benzene rings is 1. The number of thioether (sulfide) groups is 1. The van der Waals surface area contributed by atoms with Crippen LogP contribution >= 0.6 is 11.8 Å². The Kier molecular flexibility index (Phi) is 7.34. The highest BCUT2D eigenvalue weighted by molar-refractivity contribution is 7.99. The van der Waals surface area contributed by atoms with Crippen LogP contribution in [0.5, 0.6) is 11.5 Å². The van der Waals surface area contributed by atoms with E-state index in [4.69, 9.17) is 9.47 Å². The second-order valence-electron chi connectivity index (χ2n) is 3.66. The molecule has 0 aliphatic carbocycles. The fourth-order valence-electron chi connectivity index (χ4n) is 1.47. The lowest BCUT2D eigenvalue weighted by molar-refractivity contribution is 0.112. The monoisotopic (exact) mass is 268 g/mol. The van der Waals surface area contributed by atoms with Gasteiger partial charge in [-0.3, -0.25) is 4.79 Å². The first-order valence-corrected chi connectivity index (χ1v) is 7.39. The first kappa shape index (κ1) is 14.9. The quantitative estimate of drug-likeness (QED) is 0.508. The van der Waals surface area contributed by atoms with Gasteiger partial charge in [0.2, 0.25) is 0 Å². The highest BCUT2D eigenvalue weighted by Gasteiger charge is 2.06. The molecule has 0 saturated heterocycles. The highest BCUT2D eigenvalue weighted by atomic mass is 32.2. The van der Waals surface area contributed by atoms with E-state index in [1.807, 2.05) is 18.7 Å². The van der Waals surface area contributed by atoms with E-state index in [1.165, 1.54) is 0 Å². The van der Waals surface area contributed by atoms with Crippen LogP contribution in [0.15, 0.2) is 18.2 Å². The Morgan fingerprint density at radius 3 is 2.72 bits per heavy atom. The molecule has 0 amide bonds. The molecule has 1 aromatic carbocycles. The van der Waals surface area contributed by atoms with Crippen molar-refractivity contribution >= 4 is 18.0 Å². The van der Waals surface area contributed by atoms with Crippen molar-refractivity contribution in [1.29, 1.82) is 0 Å². The van der Waals surface area contributed by atoms with Gasteiger partial charge in [0.25, 0.3) is 0 Å². The van der Waals surface area contributed by atoms with Gasteiger partial charge >= 0.3 is 0 Å². The van der Waals surface area contributed by atoms with Crippen molar-refractivity contribution in [1.82, 2.24) is 0 Å². The van der Waals surface area contributed by atoms with Gasteiger partial charge in [0.05, 0.1) is 13.2 Å². The Morgan fingerprint density at radius 2 is 2.06 bits per heavy atom. The van der Waals surface area contributed by atoms with Crippen LogP contribution in [0.25, 0.3) is 0 Å². The molecule has 0 spiro atoms. The molecule has 0 unspecified atom stereocenters. The van der Waals surface area contributed by atoms with Crippen LogP contribution in [-0.4, -0.2) is 31.0 Å². The van der Waals surface area contributed by atoms with Crippen molar-refractivity contribution in [2.45, 2.75) is 20.3 Å². The first-order chi connectivity index (χ1) is 8.81. The number of carbonyl (C=O) groups excluding carboxylic acids is 1. The van der Waals surface area contributed by atoms with Gasteiger partial charge in [-0.2, -0.15) is 11.8 Å². The van der Waals surface area contributed by atoms with Crippen molar-refractivity contribution in [3.63, 3.8) is 0 Å². The Morgan fingerprint density at radius 1 is 1.22 bits per heavy atom. The minimum absolute atomic E-state index is 0.560. The van der Waals surface area contributed by atoms with Gasteiger partial charge in [-0.25, -0.2) is 0 Å². The van der Waals surface area contributed by atoms with Gasteiger partial charge in [-0.15, -0.1) is 0 Å². The minimum atomic E-state index is 0.560. The number of rotatable bonds is 9. The minimum Gasteiger partial charge on any atom is -0.490 e. The Balaban J connectivity index is 2.54. The van der Waals surface area contributed by atoms with E-state index in [2.05, 4.69) is 6.92 Å². The molecule has 0 atom stereocenters. The van der Waals surface area contributed by atoms with Crippen molar-refractivity contribution in [2.75, 3.05) is 24.7 Å². The lowest BCUT2D eigenvalue weighted by atomic mass is 10.2. The number of carbonyl (C=O) groups is 1. The third kappa shape index (κ3) is 5.00. The topological polar surface area (TPSA) is 35.5 Å². The van der Waals surface area contributed by atoms with Gasteiger partial charge in [0.1, 0.15) is 6.29 Å². The van der Waals surface area contributed by atoms with Crippen molar-refractivity contribution in [3.8, 4) is 11.5 Å². The van der Waals surface area contributed by atoms with Crippen LogP contribution in [0.1, 0.15) is 30.6 Å². The summed E-state index contributed by atoms with van der Waals surface area (Å²) in [5.74, 6) is 3.60. The average Bonchev–Trinajstić information content (AvgIpc) is 2.40. The van der Waals surface area contributed by atoms with Crippen LogP contribution in [0, 0.1) is 0 Å². The summed E-state index contributed by atoms with van der Waals surface area (Å²) in [6.07, 6.45) is 1.82. The standard InChI is InChI=1S/C14H20O3S/c1-3-16-14-10-12(11-15)6-7-13(14)17-8-5-9-18-4-2/h6-7,10-11H,3-5,8-9H2,1-2H3. The molecule has 0 heterocycles. The normalized spacial score (nSPS) is 10.1. The zero-order valence-corrected chi connectivity index (χ0v) is 11.8. The third-order valence-corrected chi connectivity index (χ3v) is 3.28. The summed E-state index contributed by atoms with van der Waals surface area (Å²) in [5, 5.41) is 0. The molecule has 0 fully saturated rings. The number of ether oxygens (including phenoxy) is 2. The second-order valence-corrected chi connectivity index (χ2v) is 5.05. The van der Waals surface area contributed by atoms with Crippen LogP contribution in [-0.2, 0) is 0 Å². The smallest absolute Gasteiger partial charge is 0.161 e. The molecule has 18 heavy (non-hydrogen) atoms. The maximum atomic E-state index is 10.7. The molecule has 0 saturated carbocycles. The van der Waals surface area contributed by atoms with E-state index in [-0.39, 0.29) is 0 Å². The van der Waals surface area contributed by atoms with E-state index in [0.29, 0.717) is 30.3 Å². The fourth-order valence-corrected chi connectivity index (χ4v) is 2.08. The molecule has 3 nitrogen and oxygen atoms in total. The van der Waals surface area contributed by atoms with Gasteiger partial charge in [0.15, 0.2) is 11.5 Å². The zero-order valence-electron chi connectivity index (χ0n) is 11.0. The third-order valence-electron chi connectivity index (χ3n) is 2.30. The SMILES string of the molecule is CCOc1cc(C=O)ccc1OCCCSCC. The van der Waals surface area contributed by atoms with Crippen molar-refractivity contribution < 1.29 is 14.3 Å². The molecule has 1 rings (SSSR count). The summed E-state index contributed by atoms with van der Waals surface area (Å²) in [5.41, 5.74) is 0.604. The lowest BCUT2D eigenvalue weighted by Crippen LogP contribution is -2.02. The lowest BCUT2D eigenvalue weighted by Gasteiger charge is -2.12. The predicted molar refractivity (Wildman–Crippen MR) is 76.1 cm³/mol. The van der Waals surface area contributed by atoms with E-state index >= 15 is 0 Å². The number of aldehydes is 1. The van der Waals surface area contributed by atoms with Gasteiger partial charge < -0.3 is 9.47 Å². The van der Waals surface area contributed by atoms with Crippen LogP contribution in [0.4, 0.5) is 0 Å². The predicted octanol–water partition coefficient (Wildman–Crippen LogP) is 3.42. The summed E-state index contributed by atoms with van der Waals surface area (Å²) in [4.78, 5) is 10.7. The molecular weight excluding hydrogens is 248 g/mol. The first-order valence-electron chi connectivity index (χ1n) is 6.24. The molecule has 0 aromatic heterocycles. The molecule has 0 aliphatic rings. The summed E-state index contributed by atoms with van der Waals surface area (Å²) in [6.45, 7) is 5.30. The van der Waals surface area contributed by atoms with E-state index in [1.54, 1.807) is 18.2 Å². The summed E-state index contributed by atoms with van der Waals surface area (Å²) < 4.78 is 11.2. The summed E-state index contributed by atoms with van der Waals surface area (Å²) in [7, 11) is 0. The second kappa shape index (κ2) is 8.86. The molecule has 0 radical (unpaired) electrons. The number of hydrogen-bond acceptors (Lipinski definition) is 4. The van der Waals surface area contributed by atoms with Gasteiger partial charge in [0, 0.05) is 5.56 Å². The highest BCUT2D eigenvalue weighted by Crippen LogP contribution is 2.28. The van der Waals surface area contributed by atoms with Gasteiger partial charge in [-0.05, 0) is 43.0 Å². The fraction of sp³-hybridized carbons (Fsp3) is 0.500. The maximum absolute atomic E-state index is 10.7. The Hall–Kier alpha value is -1.16. The van der Waals surface area contributed by atoms with E-state index in [0.717, 1.165) is 24.2 Å². The molecule has 0 aliphatic heterocycles. The summed E-state index contributed by atoms with van der Waals surface area (Å²) >= 11 is 1.91. The maximum Gasteiger partial charge on any atom is 0.161 e. The largest absolute Gasteiger partial charge is 0.490 e. The average molecular weight is 268 g/mol. The molecule has 0 bridgehead atoms. The van der Waals surface area contributed by atoms with Crippen LogP contribution in [0.3, 0.4) is 0 Å². The Labute approximate surface area is 113 Å². The molecule has 1 aromatic rings. The van der Waals surface area contributed by atoms with E-state index < -0.39 is 0 Å². The zero-order chi connectivity index (χ0) is 13.2. The molecule has 0 N–H and O–H groups in total. The molecule has 100 valence electrons. The van der Waals surface area contributed by atoms with Gasteiger partial charge in [-0.1, -0.05) is 6.92 Å². The summed E-state index contributed by atoms with van der Waals surface area (Å²) in [6, 6.07) is 5.25. The van der Waals surface area contributed by atoms with Crippen LogP contribution in [0.2, 0.25) is 0 Å². The van der Waals surface area contributed by atoms with Crippen molar-refractivity contribution in [3.05, 3.63) is 23.8 Å². The number of hydrogen-bond donors (Lipinski definition) is 0. The Bertz CT molecular complexity index is 366. The van der Waals surface area contributed by atoms with E-state index in [9.17, 15) is 4.79 Å². The molecule has 4 heteroatoms.